The summed E-state index contributed by atoms with van der Waals surface area (Å²) >= 11 is 0. The first kappa shape index (κ1) is 12.6. The molecule has 2 rings (SSSR count). The number of carbonyl (C=O) groups is 1. The van der Waals surface area contributed by atoms with Gasteiger partial charge in [-0.3, -0.25) is 0 Å². The quantitative estimate of drug-likeness (QED) is 0.439. The number of epoxide rings is 1. The fourth-order valence-corrected chi connectivity index (χ4v) is 2.73. The van der Waals surface area contributed by atoms with Crippen LogP contribution in [-0.4, -0.2) is 23.3 Å². The predicted octanol–water partition coefficient (Wildman–Crippen LogP) is 3.15. The van der Waals surface area contributed by atoms with Crippen molar-refractivity contribution in [3.05, 3.63) is 11.6 Å². The molecule has 3 heteroatoms. The standard InChI is InChI=1S/C14H22O3/c1-10(14(15)16)5-3-2-4-6-11-7-8-12-13(9-11)17-12/h5,11-13H,2-4,6-9H2,1H3,(H,15,16). The highest BCUT2D eigenvalue weighted by atomic mass is 16.6. The van der Waals surface area contributed by atoms with Crippen molar-refractivity contribution in [1.82, 2.24) is 0 Å². The van der Waals surface area contributed by atoms with E-state index in [1.807, 2.05) is 6.08 Å². The monoisotopic (exact) mass is 238 g/mol. The minimum Gasteiger partial charge on any atom is -0.478 e. The van der Waals surface area contributed by atoms with Gasteiger partial charge in [0.25, 0.3) is 0 Å². The Bertz CT molecular complexity index is 309. The highest BCUT2D eigenvalue weighted by Gasteiger charge is 2.43. The van der Waals surface area contributed by atoms with Gasteiger partial charge in [0.05, 0.1) is 12.2 Å². The van der Waals surface area contributed by atoms with Crippen LogP contribution in [0.3, 0.4) is 0 Å². The van der Waals surface area contributed by atoms with Gasteiger partial charge in [-0.15, -0.1) is 0 Å². The summed E-state index contributed by atoms with van der Waals surface area (Å²) in [4.78, 5) is 10.6. The minimum atomic E-state index is -0.797. The van der Waals surface area contributed by atoms with Crippen molar-refractivity contribution < 1.29 is 14.6 Å². The lowest BCUT2D eigenvalue weighted by Crippen LogP contribution is -2.13. The minimum absolute atomic E-state index is 0.469. The Balaban J connectivity index is 1.54. The Morgan fingerprint density at radius 2 is 2.18 bits per heavy atom. The number of unbranched alkanes of at least 4 members (excludes halogenated alkanes) is 2. The number of aliphatic carboxylic acids is 1. The molecule has 1 heterocycles. The van der Waals surface area contributed by atoms with E-state index in [1.54, 1.807) is 6.92 Å². The number of hydrogen-bond acceptors (Lipinski definition) is 2. The first-order valence-corrected chi connectivity index (χ1v) is 6.72. The Morgan fingerprint density at radius 1 is 1.35 bits per heavy atom. The maximum atomic E-state index is 10.6. The summed E-state index contributed by atoms with van der Waals surface area (Å²) in [7, 11) is 0. The molecular formula is C14H22O3. The summed E-state index contributed by atoms with van der Waals surface area (Å²) < 4.78 is 5.52. The van der Waals surface area contributed by atoms with Crippen LogP contribution in [0.5, 0.6) is 0 Å². The zero-order valence-electron chi connectivity index (χ0n) is 10.5. The number of carboxylic acids is 1. The van der Waals surface area contributed by atoms with Crippen LogP contribution in [0, 0.1) is 5.92 Å². The van der Waals surface area contributed by atoms with Crippen LogP contribution in [0.15, 0.2) is 11.6 Å². The second-order valence-electron chi connectivity index (χ2n) is 5.37. The van der Waals surface area contributed by atoms with Crippen LogP contribution in [0.1, 0.15) is 51.9 Å². The molecule has 0 aromatic rings. The molecule has 1 saturated carbocycles. The number of allylic oxidation sites excluding steroid dienone is 1. The molecule has 1 N–H and O–H groups in total. The third kappa shape index (κ3) is 3.84. The summed E-state index contributed by atoms with van der Waals surface area (Å²) in [5.74, 6) is 0.0532. The van der Waals surface area contributed by atoms with E-state index in [2.05, 4.69) is 0 Å². The van der Waals surface area contributed by atoms with Crippen LogP contribution in [0.2, 0.25) is 0 Å². The summed E-state index contributed by atoms with van der Waals surface area (Å²) in [6.07, 6.45) is 11.4. The van der Waals surface area contributed by atoms with Crippen molar-refractivity contribution in [3.63, 3.8) is 0 Å². The Kier molecular flexibility index (Phi) is 4.21. The molecule has 3 unspecified atom stereocenters. The summed E-state index contributed by atoms with van der Waals surface area (Å²) in [6.45, 7) is 1.66. The Morgan fingerprint density at radius 3 is 2.88 bits per heavy atom. The van der Waals surface area contributed by atoms with Crippen molar-refractivity contribution >= 4 is 5.97 Å². The molecule has 1 saturated heterocycles. The van der Waals surface area contributed by atoms with Crippen LogP contribution in [-0.2, 0) is 9.53 Å². The zero-order chi connectivity index (χ0) is 12.3. The van der Waals surface area contributed by atoms with Crippen molar-refractivity contribution in [2.45, 2.75) is 64.1 Å². The van der Waals surface area contributed by atoms with Crippen LogP contribution in [0.25, 0.3) is 0 Å². The van der Waals surface area contributed by atoms with Gasteiger partial charge in [0.15, 0.2) is 0 Å². The molecule has 1 aliphatic carbocycles. The number of rotatable bonds is 6. The lowest BCUT2D eigenvalue weighted by molar-refractivity contribution is -0.132. The highest BCUT2D eigenvalue weighted by Crippen LogP contribution is 2.41. The van der Waals surface area contributed by atoms with Crippen molar-refractivity contribution in [1.29, 1.82) is 0 Å². The fourth-order valence-electron chi connectivity index (χ4n) is 2.73. The molecule has 96 valence electrons. The molecule has 1 aliphatic heterocycles. The average molecular weight is 238 g/mol. The summed E-state index contributed by atoms with van der Waals surface area (Å²) in [6, 6.07) is 0. The molecule has 2 aliphatic rings. The van der Waals surface area contributed by atoms with E-state index < -0.39 is 5.97 Å². The normalized spacial score (nSPS) is 32.1. The van der Waals surface area contributed by atoms with Crippen LogP contribution in [0.4, 0.5) is 0 Å². The maximum Gasteiger partial charge on any atom is 0.330 e. The predicted molar refractivity (Wildman–Crippen MR) is 65.9 cm³/mol. The second kappa shape index (κ2) is 5.67. The molecule has 0 aromatic carbocycles. The molecular weight excluding hydrogens is 216 g/mol. The Hall–Kier alpha value is -0.830. The number of ether oxygens (including phenoxy) is 1. The fraction of sp³-hybridized carbons (Fsp3) is 0.786. The summed E-state index contributed by atoms with van der Waals surface area (Å²) in [5, 5.41) is 8.69. The molecule has 0 aromatic heterocycles. The molecule has 3 nitrogen and oxygen atoms in total. The van der Waals surface area contributed by atoms with Gasteiger partial charge in [-0.05, 0) is 44.9 Å². The van der Waals surface area contributed by atoms with Crippen molar-refractivity contribution in [2.75, 3.05) is 0 Å². The number of carboxylic acid groups (broad SMARTS) is 1. The Labute approximate surface area is 103 Å². The third-order valence-electron chi connectivity index (χ3n) is 3.97. The largest absolute Gasteiger partial charge is 0.478 e. The van der Waals surface area contributed by atoms with Gasteiger partial charge in [0.2, 0.25) is 0 Å². The number of fused-ring (bicyclic) bond motifs is 1. The van der Waals surface area contributed by atoms with Gasteiger partial charge >= 0.3 is 5.97 Å². The lowest BCUT2D eigenvalue weighted by atomic mass is 9.85. The smallest absolute Gasteiger partial charge is 0.330 e. The van der Waals surface area contributed by atoms with E-state index in [0.717, 1.165) is 18.8 Å². The van der Waals surface area contributed by atoms with Gasteiger partial charge in [-0.2, -0.15) is 0 Å². The van der Waals surface area contributed by atoms with Gasteiger partial charge in [-0.1, -0.05) is 18.9 Å². The van der Waals surface area contributed by atoms with E-state index >= 15 is 0 Å². The topological polar surface area (TPSA) is 49.8 Å². The van der Waals surface area contributed by atoms with Crippen molar-refractivity contribution in [2.24, 2.45) is 5.92 Å². The lowest BCUT2D eigenvalue weighted by Gasteiger charge is -2.18. The molecule has 0 spiro atoms. The van der Waals surface area contributed by atoms with Crippen LogP contribution >= 0.6 is 0 Å². The third-order valence-corrected chi connectivity index (χ3v) is 3.97. The zero-order valence-corrected chi connectivity index (χ0v) is 10.5. The van der Waals surface area contributed by atoms with Gasteiger partial charge < -0.3 is 9.84 Å². The van der Waals surface area contributed by atoms with E-state index in [0.29, 0.717) is 17.8 Å². The molecule has 2 fully saturated rings. The van der Waals surface area contributed by atoms with E-state index in [9.17, 15) is 4.79 Å². The average Bonchev–Trinajstić information content (AvgIpc) is 3.06. The SMILES string of the molecule is CC(=CCCCCC1CCC2OC2C1)C(=O)O. The van der Waals surface area contributed by atoms with E-state index in [-0.39, 0.29) is 0 Å². The van der Waals surface area contributed by atoms with Crippen LogP contribution < -0.4 is 0 Å². The summed E-state index contributed by atoms with van der Waals surface area (Å²) in [5.41, 5.74) is 0.469. The highest BCUT2D eigenvalue weighted by molar-refractivity contribution is 5.85. The molecule has 0 radical (unpaired) electrons. The first-order valence-electron chi connectivity index (χ1n) is 6.72. The van der Waals surface area contributed by atoms with E-state index in [1.165, 1.54) is 32.1 Å². The van der Waals surface area contributed by atoms with Crippen molar-refractivity contribution in [3.8, 4) is 0 Å². The van der Waals surface area contributed by atoms with E-state index in [4.69, 9.17) is 9.84 Å². The molecule has 17 heavy (non-hydrogen) atoms. The molecule has 0 bridgehead atoms. The first-order chi connectivity index (χ1) is 8.16. The number of hydrogen-bond donors (Lipinski definition) is 1. The van der Waals surface area contributed by atoms with Gasteiger partial charge in [0, 0.05) is 5.57 Å². The van der Waals surface area contributed by atoms with Gasteiger partial charge in [0.1, 0.15) is 0 Å². The second-order valence-corrected chi connectivity index (χ2v) is 5.37. The maximum absolute atomic E-state index is 10.6. The molecule has 0 amide bonds. The van der Waals surface area contributed by atoms with Gasteiger partial charge in [-0.25, -0.2) is 4.79 Å². The molecule has 3 atom stereocenters.